The van der Waals surface area contributed by atoms with Gasteiger partial charge in [0.1, 0.15) is 0 Å². The van der Waals surface area contributed by atoms with Gasteiger partial charge in [0.25, 0.3) is 11.8 Å². The highest BCUT2D eigenvalue weighted by Gasteiger charge is 2.47. The van der Waals surface area contributed by atoms with Gasteiger partial charge >= 0.3 is 5.97 Å². The van der Waals surface area contributed by atoms with E-state index in [-0.39, 0.29) is 23.6 Å². The number of aromatic amines is 1. The number of aromatic nitrogens is 1. The average molecular weight is 479 g/mol. The molecule has 1 aliphatic carbocycles. The number of carbonyl (C=O) groups is 3. The number of nitrogens with one attached hydrogen (secondary N) is 1. The minimum absolute atomic E-state index is 0.0454. The van der Waals surface area contributed by atoms with Crippen molar-refractivity contribution in [1.29, 1.82) is 0 Å². The van der Waals surface area contributed by atoms with Crippen LogP contribution >= 0.6 is 0 Å². The van der Waals surface area contributed by atoms with E-state index in [4.69, 9.17) is 10.5 Å². The largest absolute Gasteiger partial charge is 0.445 e. The first kappa shape index (κ1) is 22.8. The standard InChI is InChI=1S/C26H23F2N3O4/c1-14-12-31(23(32)15-7-8-18(27)19(28)11-15)13-17(24(33)35-26(25(29)34)9-4-10-26)22-21(14)16-5-2-3-6-20(16)30-22/h2-3,5-8,11,13-14,30H,4,9-10,12H2,1H3,(H2,29,34). The van der Waals surface area contributed by atoms with Crippen molar-refractivity contribution >= 4 is 34.3 Å². The molecule has 1 aromatic heterocycles. The number of ether oxygens (including phenoxy) is 1. The predicted molar refractivity (Wildman–Crippen MR) is 124 cm³/mol. The number of hydrogen-bond donors (Lipinski definition) is 2. The summed E-state index contributed by atoms with van der Waals surface area (Å²) in [5, 5.41) is 0.879. The summed E-state index contributed by atoms with van der Waals surface area (Å²) in [4.78, 5) is 43.3. The SMILES string of the molecule is CC1CN(C(=O)c2ccc(F)c(F)c2)C=C(C(=O)OC2(C(N)=O)CCC2)c2[nH]c3ccccc3c21. The predicted octanol–water partition coefficient (Wildman–Crippen LogP) is 4.00. The van der Waals surface area contributed by atoms with Crippen molar-refractivity contribution in [2.75, 3.05) is 6.54 Å². The number of fused-ring (bicyclic) bond motifs is 3. The first-order valence-corrected chi connectivity index (χ1v) is 11.3. The van der Waals surface area contributed by atoms with Crippen LogP contribution in [-0.2, 0) is 14.3 Å². The second-order valence-corrected chi connectivity index (χ2v) is 9.09. The zero-order chi connectivity index (χ0) is 24.9. The summed E-state index contributed by atoms with van der Waals surface area (Å²) in [5.41, 5.74) is 6.21. The van der Waals surface area contributed by atoms with Gasteiger partial charge in [0.15, 0.2) is 17.2 Å². The third-order valence-corrected chi connectivity index (χ3v) is 6.81. The number of esters is 1. The lowest BCUT2D eigenvalue weighted by molar-refractivity contribution is -0.171. The Labute approximate surface area is 199 Å². The maximum Gasteiger partial charge on any atom is 0.342 e. The summed E-state index contributed by atoms with van der Waals surface area (Å²) in [7, 11) is 0. The van der Waals surface area contributed by atoms with Crippen LogP contribution in [-0.4, -0.2) is 39.8 Å². The highest BCUT2D eigenvalue weighted by molar-refractivity contribution is 6.19. The summed E-state index contributed by atoms with van der Waals surface area (Å²) >= 11 is 0. The Kier molecular flexibility index (Phi) is 5.42. The Morgan fingerprint density at radius 2 is 1.86 bits per heavy atom. The number of halogens is 2. The minimum atomic E-state index is -1.38. The Bertz CT molecular complexity index is 1410. The van der Waals surface area contributed by atoms with Crippen molar-refractivity contribution in [1.82, 2.24) is 9.88 Å². The van der Waals surface area contributed by atoms with E-state index in [0.29, 0.717) is 25.0 Å². The molecule has 1 fully saturated rings. The number of nitrogens with zero attached hydrogens (tertiary/aromatic N) is 1. The molecule has 35 heavy (non-hydrogen) atoms. The normalized spacial score (nSPS) is 18.8. The topological polar surface area (TPSA) is 105 Å². The summed E-state index contributed by atoms with van der Waals surface area (Å²) in [6.07, 6.45) is 2.70. The van der Waals surface area contributed by atoms with E-state index in [2.05, 4.69) is 4.98 Å². The molecule has 7 nitrogen and oxygen atoms in total. The van der Waals surface area contributed by atoms with Gasteiger partial charge in [-0.2, -0.15) is 0 Å². The van der Waals surface area contributed by atoms with E-state index in [0.717, 1.165) is 28.6 Å². The smallest absolute Gasteiger partial charge is 0.342 e. The Morgan fingerprint density at radius 1 is 1.11 bits per heavy atom. The van der Waals surface area contributed by atoms with E-state index in [1.165, 1.54) is 17.2 Å². The number of nitrogens with two attached hydrogens (primary N) is 1. The van der Waals surface area contributed by atoms with Crippen molar-refractivity contribution in [3.8, 4) is 0 Å². The first-order chi connectivity index (χ1) is 16.7. The van der Waals surface area contributed by atoms with Crippen molar-refractivity contribution < 1.29 is 27.9 Å². The van der Waals surface area contributed by atoms with Crippen LogP contribution in [0, 0.1) is 11.6 Å². The molecule has 5 rings (SSSR count). The average Bonchev–Trinajstić information content (AvgIpc) is 3.12. The van der Waals surface area contributed by atoms with Gasteiger partial charge in [-0.1, -0.05) is 25.1 Å². The number of para-hydroxylation sites is 1. The summed E-state index contributed by atoms with van der Waals surface area (Å²) in [5.74, 6) is -4.56. The fraction of sp³-hybridized carbons (Fsp3) is 0.269. The molecule has 0 bridgehead atoms. The third-order valence-electron chi connectivity index (χ3n) is 6.81. The molecule has 0 radical (unpaired) electrons. The van der Waals surface area contributed by atoms with Gasteiger partial charge in [-0.15, -0.1) is 0 Å². The van der Waals surface area contributed by atoms with Gasteiger partial charge in [-0.05, 0) is 49.1 Å². The first-order valence-electron chi connectivity index (χ1n) is 11.3. The molecule has 3 N–H and O–H groups in total. The number of H-pyrrole nitrogens is 1. The Balaban J connectivity index is 1.61. The van der Waals surface area contributed by atoms with Crippen LogP contribution in [0.25, 0.3) is 16.5 Å². The maximum absolute atomic E-state index is 13.8. The zero-order valence-electron chi connectivity index (χ0n) is 18.9. The van der Waals surface area contributed by atoms with Crippen molar-refractivity contribution in [2.24, 2.45) is 5.73 Å². The number of hydrogen-bond acceptors (Lipinski definition) is 4. The van der Waals surface area contributed by atoms with Crippen LogP contribution in [0.4, 0.5) is 8.78 Å². The number of rotatable bonds is 4. The van der Waals surface area contributed by atoms with Crippen LogP contribution in [0.5, 0.6) is 0 Å². The third kappa shape index (κ3) is 3.77. The molecule has 1 unspecified atom stereocenters. The summed E-state index contributed by atoms with van der Waals surface area (Å²) in [6.45, 7) is 2.08. The van der Waals surface area contributed by atoms with Crippen LogP contribution in [0.2, 0.25) is 0 Å². The van der Waals surface area contributed by atoms with Gasteiger partial charge in [0, 0.05) is 35.1 Å². The maximum atomic E-state index is 13.8. The van der Waals surface area contributed by atoms with Gasteiger partial charge in [0.2, 0.25) is 0 Å². The molecule has 180 valence electrons. The fourth-order valence-electron chi connectivity index (χ4n) is 4.77. The van der Waals surface area contributed by atoms with Gasteiger partial charge < -0.3 is 20.4 Å². The molecule has 2 aliphatic rings. The van der Waals surface area contributed by atoms with E-state index in [1.54, 1.807) is 0 Å². The highest BCUT2D eigenvalue weighted by atomic mass is 19.2. The minimum Gasteiger partial charge on any atom is -0.445 e. The van der Waals surface area contributed by atoms with Gasteiger partial charge in [-0.25, -0.2) is 13.6 Å². The van der Waals surface area contributed by atoms with E-state index < -0.39 is 35.0 Å². The van der Waals surface area contributed by atoms with Crippen LogP contribution in [0.15, 0.2) is 48.7 Å². The zero-order valence-corrected chi connectivity index (χ0v) is 18.9. The lowest BCUT2D eigenvalue weighted by atomic mass is 9.79. The second-order valence-electron chi connectivity index (χ2n) is 9.09. The molecule has 2 amide bonds. The molecule has 1 aliphatic heterocycles. The Morgan fingerprint density at radius 3 is 2.51 bits per heavy atom. The van der Waals surface area contributed by atoms with Gasteiger partial charge in [0.05, 0.1) is 11.3 Å². The Hall–Kier alpha value is -4.01. The molecule has 1 saturated carbocycles. The number of primary amides is 1. The van der Waals surface area contributed by atoms with Gasteiger partial charge in [-0.3, -0.25) is 9.59 Å². The molecule has 2 heterocycles. The van der Waals surface area contributed by atoms with E-state index >= 15 is 0 Å². The van der Waals surface area contributed by atoms with Crippen LogP contribution in [0.1, 0.15) is 53.7 Å². The lowest BCUT2D eigenvalue weighted by Gasteiger charge is -2.37. The molecule has 2 aromatic carbocycles. The molecule has 0 spiro atoms. The molecule has 1 atom stereocenters. The molecular weight excluding hydrogens is 456 g/mol. The molecule has 0 saturated heterocycles. The number of benzene rings is 2. The van der Waals surface area contributed by atoms with Crippen molar-refractivity contribution in [2.45, 2.75) is 37.7 Å². The van der Waals surface area contributed by atoms with Crippen LogP contribution < -0.4 is 5.73 Å². The molecule has 3 aromatic rings. The van der Waals surface area contributed by atoms with Crippen LogP contribution in [0.3, 0.4) is 0 Å². The monoisotopic (exact) mass is 479 g/mol. The fourth-order valence-corrected chi connectivity index (χ4v) is 4.77. The number of amides is 2. The highest BCUT2D eigenvalue weighted by Crippen LogP contribution is 2.40. The summed E-state index contributed by atoms with van der Waals surface area (Å²) < 4.78 is 32.9. The number of carbonyl (C=O) groups excluding carboxylic acids is 3. The van der Waals surface area contributed by atoms with E-state index in [9.17, 15) is 23.2 Å². The lowest BCUT2D eigenvalue weighted by Crippen LogP contribution is -2.52. The molecule has 9 heteroatoms. The van der Waals surface area contributed by atoms with Crippen molar-refractivity contribution in [3.05, 3.63) is 77.1 Å². The van der Waals surface area contributed by atoms with Crippen molar-refractivity contribution in [3.63, 3.8) is 0 Å². The quantitative estimate of drug-likeness (QED) is 0.552. The molecular formula is C26H23F2N3O4. The second kappa shape index (κ2) is 8.33. The van der Waals surface area contributed by atoms with E-state index in [1.807, 2.05) is 31.2 Å². The summed E-state index contributed by atoms with van der Waals surface area (Å²) in [6, 6.07) is 10.4.